The van der Waals surface area contributed by atoms with Crippen LogP contribution in [0.25, 0.3) is 5.82 Å². The zero-order valence-electron chi connectivity index (χ0n) is 20.3. The van der Waals surface area contributed by atoms with Gasteiger partial charge in [-0.2, -0.15) is 5.10 Å². The van der Waals surface area contributed by atoms with Crippen molar-refractivity contribution in [2.45, 2.75) is 54.0 Å². The molecule has 0 saturated heterocycles. The van der Waals surface area contributed by atoms with Gasteiger partial charge < -0.3 is 14.4 Å². The number of carbonyl (C=O) groups excluding carboxylic acids is 1. The highest BCUT2D eigenvalue weighted by Gasteiger charge is 2.18. The van der Waals surface area contributed by atoms with E-state index in [4.69, 9.17) is 9.47 Å². The van der Waals surface area contributed by atoms with E-state index in [2.05, 4.69) is 23.9 Å². The summed E-state index contributed by atoms with van der Waals surface area (Å²) in [6.45, 7) is 12.3. The van der Waals surface area contributed by atoms with Crippen molar-refractivity contribution in [1.82, 2.24) is 19.7 Å². The van der Waals surface area contributed by atoms with Gasteiger partial charge in [0.15, 0.2) is 17.3 Å². The molecule has 7 nitrogen and oxygen atoms in total. The van der Waals surface area contributed by atoms with Crippen LogP contribution in [0.1, 0.15) is 60.9 Å². The SMILES string of the molecule is CCCOc1ccc(CN(CCC)C(=O)c2ccc(-n3nc(C)cc3C)nc2)cc1OCC. The second-order valence-corrected chi connectivity index (χ2v) is 8.03. The molecule has 0 bridgehead atoms. The lowest BCUT2D eigenvalue weighted by atomic mass is 10.1. The van der Waals surface area contributed by atoms with Gasteiger partial charge in [-0.05, 0) is 69.5 Å². The van der Waals surface area contributed by atoms with Crippen LogP contribution in [-0.4, -0.2) is 45.3 Å². The highest BCUT2D eigenvalue weighted by molar-refractivity contribution is 5.94. The molecule has 2 aromatic heterocycles. The Bertz CT molecular complexity index is 1060. The Morgan fingerprint density at radius 2 is 1.82 bits per heavy atom. The lowest BCUT2D eigenvalue weighted by molar-refractivity contribution is 0.0742. The molecule has 0 radical (unpaired) electrons. The zero-order valence-corrected chi connectivity index (χ0v) is 20.3. The maximum Gasteiger partial charge on any atom is 0.255 e. The summed E-state index contributed by atoms with van der Waals surface area (Å²) in [7, 11) is 0. The van der Waals surface area contributed by atoms with Gasteiger partial charge in [0.2, 0.25) is 0 Å². The van der Waals surface area contributed by atoms with Gasteiger partial charge in [0.1, 0.15) is 0 Å². The van der Waals surface area contributed by atoms with Gasteiger partial charge >= 0.3 is 0 Å². The first kappa shape index (κ1) is 24.3. The summed E-state index contributed by atoms with van der Waals surface area (Å²) in [6.07, 6.45) is 3.42. The molecule has 0 aliphatic rings. The second kappa shape index (κ2) is 11.5. The van der Waals surface area contributed by atoms with E-state index in [-0.39, 0.29) is 5.91 Å². The van der Waals surface area contributed by atoms with Crippen molar-refractivity contribution < 1.29 is 14.3 Å². The Balaban J connectivity index is 1.78. The van der Waals surface area contributed by atoms with Crippen molar-refractivity contribution in [2.24, 2.45) is 0 Å². The summed E-state index contributed by atoms with van der Waals surface area (Å²) < 4.78 is 13.4. The Labute approximate surface area is 196 Å². The van der Waals surface area contributed by atoms with E-state index < -0.39 is 0 Å². The molecule has 0 saturated carbocycles. The number of carbonyl (C=O) groups is 1. The Hall–Kier alpha value is -3.35. The molecule has 0 unspecified atom stereocenters. The Morgan fingerprint density at radius 1 is 1.00 bits per heavy atom. The standard InChI is InChI=1S/C26H34N4O3/c1-6-13-29(18-21-9-11-23(33-14-7-2)24(16-21)32-8-3)26(31)22-10-12-25(27-17-22)30-20(5)15-19(4)28-30/h9-12,15-17H,6-8,13-14,18H2,1-5H3. The van der Waals surface area contributed by atoms with Crippen LogP contribution >= 0.6 is 0 Å². The second-order valence-electron chi connectivity index (χ2n) is 8.03. The minimum absolute atomic E-state index is 0.0477. The molecule has 0 N–H and O–H groups in total. The predicted octanol–water partition coefficient (Wildman–Crippen LogP) is 5.12. The fourth-order valence-corrected chi connectivity index (χ4v) is 3.67. The molecule has 0 aliphatic heterocycles. The van der Waals surface area contributed by atoms with Gasteiger partial charge in [-0.3, -0.25) is 4.79 Å². The van der Waals surface area contributed by atoms with E-state index in [1.165, 1.54) is 0 Å². The molecule has 1 amide bonds. The van der Waals surface area contributed by atoms with Crippen molar-refractivity contribution in [3.63, 3.8) is 0 Å². The third-order valence-corrected chi connectivity index (χ3v) is 5.15. The molecule has 0 atom stereocenters. The van der Waals surface area contributed by atoms with Crippen LogP contribution in [0.5, 0.6) is 11.5 Å². The molecule has 3 aromatic rings. The average molecular weight is 451 g/mol. The highest BCUT2D eigenvalue weighted by atomic mass is 16.5. The van der Waals surface area contributed by atoms with Gasteiger partial charge in [0, 0.05) is 25.0 Å². The van der Waals surface area contributed by atoms with Gasteiger partial charge in [-0.15, -0.1) is 0 Å². The minimum atomic E-state index is -0.0477. The molecular weight excluding hydrogens is 416 g/mol. The molecule has 0 spiro atoms. The van der Waals surface area contributed by atoms with Crippen LogP contribution < -0.4 is 9.47 Å². The quantitative estimate of drug-likeness (QED) is 0.405. The van der Waals surface area contributed by atoms with Gasteiger partial charge in [0.05, 0.1) is 24.5 Å². The largest absolute Gasteiger partial charge is 0.490 e. The predicted molar refractivity (Wildman–Crippen MR) is 129 cm³/mol. The number of hydrogen-bond donors (Lipinski definition) is 0. The van der Waals surface area contributed by atoms with Crippen LogP contribution in [0, 0.1) is 13.8 Å². The van der Waals surface area contributed by atoms with Crippen molar-refractivity contribution in [2.75, 3.05) is 19.8 Å². The molecule has 1 aromatic carbocycles. The first-order chi connectivity index (χ1) is 16.0. The van der Waals surface area contributed by atoms with Crippen molar-refractivity contribution in [3.05, 3.63) is 65.1 Å². The third-order valence-electron chi connectivity index (χ3n) is 5.15. The van der Waals surface area contributed by atoms with Crippen LogP contribution in [0.15, 0.2) is 42.6 Å². The summed E-state index contributed by atoms with van der Waals surface area (Å²) in [5.74, 6) is 2.10. The molecule has 0 fully saturated rings. The summed E-state index contributed by atoms with van der Waals surface area (Å²) in [5, 5.41) is 4.46. The summed E-state index contributed by atoms with van der Waals surface area (Å²) in [6, 6.07) is 11.5. The monoisotopic (exact) mass is 450 g/mol. The van der Waals surface area contributed by atoms with Gasteiger partial charge in [-0.1, -0.05) is 19.9 Å². The van der Waals surface area contributed by atoms with E-state index in [0.717, 1.165) is 35.5 Å². The number of pyridine rings is 1. The fraction of sp³-hybridized carbons (Fsp3) is 0.423. The van der Waals surface area contributed by atoms with E-state index in [9.17, 15) is 4.79 Å². The van der Waals surface area contributed by atoms with E-state index >= 15 is 0 Å². The topological polar surface area (TPSA) is 69.5 Å². The lowest BCUT2D eigenvalue weighted by Gasteiger charge is -2.23. The number of aryl methyl sites for hydroxylation is 2. The molecule has 0 aliphatic carbocycles. The molecular formula is C26H34N4O3. The Morgan fingerprint density at radius 3 is 2.42 bits per heavy atom. The summed E-state index contributed by atoms with van der Waals surface area (Å²) >= 11 is 0. The molecule has 33 heavy (non-hydrogen) atoms. The van der Waals surface area contributed by atoms with Crippen LogP contribution in [0.3, 0.4) is 0 Å². The maximum absolute atomic E-state index is 13.3. The normalized spacial score (nSPS) is 10.8. The number of nitrogens with zero attached hydrogens (tertiary/aromatic N) is 4. The number of hydrogen-bond acceptors (Lipinski definition) is 5. The smallest absolute Gasteiger partial charge is 0.255 e. The fourth-order valence-electron chi connectivity index (χ4n) is 3.67. The number of amides is 1. The molecule has 3 rings (SSSR count). The molecule has 176 valence electrons. The molecule has 2 heterocycles. The zero-order chi connectivity index (χ0) is 23.8. The average Bonchev–Trinajstić information content (AvgIpc) is 3.16. The van der Waals surface area contributed by atoms with E-state index in [1.54, 1.807) is 10.9 Å². The van der Waals surface area contributed by atoms with E-state index in [1.807, 2.05) is 62.1 Å². The number of benzene rings is 1. The van der Waals surface area contributed by atoms with Gasteiger partial charge in [-0.25, -0.2) is 9.67 Å². The first-order valence-electron chi connectivity index (χ1n) is 11.6. The lowest BCUT2D eigenvalue weighted by Crippen LogP contribution is -2.31. The van der Waals surface area contributed by atoms with Crippen molar-refractivity contribution in [1.29, 1.82) is 0 Å². The minimum Gasteiger partial charge on any atom is -0.490 e. The number of aromatic nitrogens is 3. The third kappa shape index (κ3) is 6.12. The van der Waals surface area contributed by atoms with Crippen molar-refractivity contribution >= 4 is 5.91 Å². The van der Waals surface area contributed by atoms with Crippen LogP contribution in [-0.2, 0) is 6.54 Å². The summed E-state index contributed by atoms with van der Waals surface area (Å²) in [4.78, 5) is 19.6. The summed E-state index contributed by atoms with van der Waals surface area (Å²) in [5.41, 5.74) is 3.49. The number of rotatable bonds is 11. The molecule has 7 heteroatoms. The van der Waals surface area contributed by atoms with Crippen molar-refractivity contribution in [3.8, 4) is 17.3 Å². The maximum atomic E-state index is 13.3. The Kier molecular flexibility index (Phi) is 8.46. The van der Waals surface area contributed by atoms with Gasteiger partial charge in [0.25, 0.3) is 5.91 Å². The van der Waals surface area contributed by atoms with E-state index in [0.29, 0.717) is 43.4 Å². The van der Waals surface area contributed by atoms with Crippen LogP contribution in [0.2, 0.25) is 0 Å². The highest BCUT2D eigenvalue weighted by Crippen LogP contribution is 2.29. The first-order valence-corrected chi connectivity index (χ1v) is 11.6. The van der Waals surface area contributed by atoms with Crippen LogP contribution in [0.4, 0.5) is 0 Å². The number of ether oxygens (including phenoxy) is 2.